The Morgan fingerprint density at radius 2 is 2.11 bits per heavy atom. The van der Waals surface area contributed by atoms with Crippen molar-refractivity contribution in [3.8, 4) is 0 Å². The number of rotatable bonds is 5. The monoisotopic (exact) mass is 256 g/mol. The van der Waals surface area contributed by atoms with Gasteiger partial charge in [0, 0.05) is 6.04 Å². The fourth-order valence-electron chi connectivity index (χ4n) is 1.66. The normalized spacial score (nSPS) is 12.3. The second kappa shape index (κ2) is 6.44. The molecule has 0 aromatic heterocycles. The van der Waals surface area contributed by atoms with Gasteiger partial charge in [0.05, 0.1) is 0 Å². The van der Waals surface area contributed by atoms with Crippen LogP contribution in [0.3, 0.4) is 0 Å². The quantitative estimate of drug-likeness (QED) is 0.848. The van der Waals surface area contributed by atoms with Crippen LogP contribution in [0.5, 0.6) is 0 Å². The van der Waals surface area contributed by atoms with Gasteiger partial charge in [0.2, 0.25) is 0 Å². The fraction of sp³-hybridized carbons (Fsp3) is 0.462. The molecule has 18 heavy (non-hydrogen) atoms. The number of aryl methyl sites for hydroxylation is 1. The third-order valence-electron chi connectivity index (χ3n) is 2.73. The average Bonchev–Trinajstić information content (AvgIpc) is 2.31. The molecule has 1 aromatic carbocycles. The lowest BCUT2D eigenvalue weighted by molar-refractivity contribution is 0.0929. The van der Waals surface area contributed by atoms with E-state index >= 15 is 0 Å². The van der Waals surface area contributed by atoms with Gasteiger partial charge in [-0.25, -0.2) is 8.78 Å². The number of carbonyl (C=O) groups is 1. The first-order valence-electron chi connectivity index (χ1n) is 5.93. The SMILES string of the molecule is Cc1ccc(F)c(C(=O)NC(C)CCCN)c1F. The number of hydrogen-bond donors (Lipinski definition) is 2. The highest BCUT2D eigenvalue weighted by molar-refractivity contribution is 5.95. The highest BCUT2D eigenvalue weighted by Gasteiger charge is 2.20. The average molecular weight is 256 g/mol. The smallest absolute Gasteiger partial charge is 0.257 e. The van der Waals surface area contributed by atoms with Crippen LogP contribution in [0.4, 0.5) is 8.78 Å². The number of amides is 1. The second-order valence-electron chi connectivity index (χ2n) is 4.36. The lowest BCUT2D eigenvalue weighted by atomic mass is 10.1. The van der Waals surface area contributed by atoms with Crippen molar-refractivity contribution in [3.05, 3.63) is 34.9 Å². The number of hydrogen-bond acceptors (Lipinski definition) is 2. The van der Waals surface area contributed by atoms with Crippen molar-refractivity contribution in [2.45, 2.75) is 32.7 Å². The molecule has 0 heterocycles. The summed E-state index contributed by atoms with van der Waals surface area (Å²) >= 11 is 0. The Hall–Kier alpha value is -1.49. The lowest BCUT2D eigenvalue weighted by Crippen LogP contribution is -2.34. The van der Waals surface area contributed by atoms with Gasteiger partial charge < -0.3 is 11.1 Å². The van der Waals surface area contributed by atoms with Gasteiger partial charge in [0.25, 0.3) is 5.91 Å². The molecule has 1 rings (SSSR count). The van der Waals surface area contributed by atoms with E-state index in [2.05, 4.69) is 5.32 Å². The van der Waals surface area contributed by atoms with Crippen LogP contribution in [0.25, 0.3) is 0 Å². The number of benzene rings is 1. The summed E-state index contributed by atoms with van der Waals surface area (Å²) in [6, 6.07) is 2.23. The van der Waals surface area contributed by atoms with Gasteiger partial charge in [-0.15, -0.1) is 0 Å². The zero-order valence-electron chi connectivity index (χ0n) is 10.6. The van der Waals surface area contributed by atoms with Gasteiger partial charge in [-0.2, -0.15) is 0 Å². The van der Waals surface area contributed by atoms with E-state index in [-0.39, 0.29) is 11.6 Å². The molecule has 3 N–H and O–H groups in total. The molecule has 100 valence electrons. The number of nitrogens with two attached hydrogens (primary N) is 1. The number of carbonyl (C=O) groups excluding carboxylic acids is 1. The Kier molecular flexibility index (Phi) is 5.22. The molecule has 1 aromatic rings. The standard InChI is InChI=1S/C13H18F2N2O/c1-8-5-6-10(14)11(12(8)15)13(18)17-9(2)4-3-7-16/h5-6,9H,3-4,7,16H2,1-2H3,(H,17,18). The van der Waals surface area contributed by atoms with Gasteiger partial charge in [0.15, 0.2) is 0 Å². The summed E-state index contributed by atoms with van der Waals surface area (Å²) < 4.78 is 27.2. The molecule has 0 saturated heterocycles. The molecule has 1 atom stereocenters. The summed E-state index contributed by atoms with van der Waals surface area (Å²) in [5, 5.41) is 2.57. The minimum atomic E-state index is -0.846. The second-order valence-corrected chi connectivity index (χ2v) is 4.36. The van der Waals surface area contributed by atoms with Crippen LogP contribution >= 0.6 is 0 Å². The maximum atomic E-state index is 13.7. The van der Waals surface area contributed by atoms with E-state index in [9.17, 15) is 13.6 Å². The first-order valence-corrected chi connectivity index (χ1v) is 5.93. The maximum Gasteiger partial charge on any atom is 0.257 e. The molecular weight excluding hydrogens is 238 g/mol. The zero-order valence-corrected chi connectivity index (χ0v) is 10.6. The Morgan fingerprint density at radius 3 is 2.72 bits per heavy atom. The molecular formula is C13H18F2N2O. The minimum absolute atomic E-state index is 0.166. The zero-order chi connectivity index (χ0) is 13.7. The Morgan fingerprint density at radius 1 is 1.44 bits per heavy atom. The van der Waals surface area contributed by atoms with Crippen molar-refractivity contribution >= 4 is 5.91 Å². The molecule has 0 aliphatic carbocycles. The lowest BCUT2D eigenvalue weighted by Gasteiger charge is -2.14. The van der Waals surface area contributed by atoms with Gasteiger partial charge >= 0.3 is 0 Å². The molecule has 0 bridgehead atoms. The van der Waals surface area contributed by atoms with E-state index in [0.29, 0.717) is 13.0 Å². The van der Waals surface area contributed by atoms with Crippen LogP contribution in [0.2, 0.25) is 0 Å². The molecule has 3 nitrogen and oxygen atoms in total. The van der Waals surface area contributed by atoms with Crippen LogP contribution < -0.4 is 11.1 Å². The van der Waals surface area contributed by atoms with Crippen molar-refractivity contribution in [2.24, 2.45) is 5.73 Å². The summed E-state index contributed by atoms with van der Waals surface area (Å²) in [4.78, 5) is 11.8. The van der Waals surface area contributed by atoms with E-state index in [1.165, 1.54) is 13.0 Å². The Labute approximate surface area is 105 Å². The molecule has 0 spiro atoms. The van der Waals surface area contributed by atoms with Gasteiger partial charge in [-0.05, 0) is 44.9 Å². The van der Waals surface area contributed by atoms with Gasteiger partial charge in [0.1, 0.15) is 17.2 Å². The first-order chi connectivity index (χ1) is 8.47. The Balaban J connectivity index is 2.81. The van der Waals surface area contributed by atoms with Crippen LogP contribution in [0, 0.1) is 18.6 Å². The molecule has 1 unspecified atom stereocenters. The Bertz CT molecular complexity index is 435. The number of nitrogens with one attached hydrogen (secondary N) is 1. The van der Waals surface area contributed by atoms with Crippen molar-refractivity contribution in [1.29, 1.82) is 0 Å². The van der Waals surface area contributed by atoms with E-state index in [1.807, 2.05) is 0 Å². The van der Waals surface area contributed by atoms with Crippen LogP contribution in [0.15, 0.2) is 12.1 Å². The first kappa shape index (κ1) is 14.6. The molecule has 0 fully saturated rings. The van der Waals surface area contributed by atoms with E-state index < -0.39 is 23.1 Å². The van der Waals surface area contributed by atoms with Gasteiger partial charge in [-0.3, -0.25) is 4.79 Å². The van der Waals surface area contributed by atoms with Crippen LogP contribution in [-0.2, 0) is 0 Å². The maximum absolute atomic E-state index is 13.7. The summed E-state index contributed by atoms with van der Waals surface area (Å²) in [5.74, 6) is -2.38. The summed E-state index contributed by atoms with van der Waals surface area (Å²) in [6.07, 6.45) is 1.43. The highest BCUT2D eigenvalue weighted by Crippen LogP contribution is 2.16. The van der Waals surface area contributed by atoms with Gasteiger partial charge in [-0.1, -0.05) is 6.07 Å². The topological polar surface area (TPSA) is 55.1 Å². The third kappa shape index (κ3) is 3.50. The predicted molar refractivity (Wildman–Crippen MR) is 66.3 cm³/mol. The molecule has 5 heteroatoms. The van der Waals surface area contributed by atoms with Crippen molar-refractivity contribution in [3.63, 3.8) is 0 Å². The molecule has 1 amide bonds. The third-order valence-corrected chi connectivity index (χ3v) is 2.73. The fourth-order valence-corrected chi connectivity index (χ4v) is 1.66. The molecule has 0 radical (unpaired) electrons. The molecule has 0 saturated carbocycles. The van der Waals surface area contributed by atoms with Crippen molar-refractivity contribution in [1.82, 2.24) is 5.32 Å². The summed E-state index contributed by atoms with van der Waals surface area (Å²) in [6.45, 7) is 3.79. The molecule has 0 aliphatic rings. The van der Waals surface area contributed by atoms with Crippen molar-refractivity contribution in [2.75, 3.05) is 6.54 Å². The highest BCUT2D eigenvalue weighted by atomic mass is 19.1. The molecule has 0 aliphatic heterocycles. The number of halogens is 2. The largest absolute Gasteiger partial charge is 0.349 e. The van der Waals surface area contributed by atoms with E-state index in [4.69, 9.17) is 5.73 Å². The van der Waals surface area contributed by atoms with Crippen LogP contribution in [0.1, 0.15) is 35.7 Å². The minimum Gasteiger partial charge on any atom is -0.349 e. The summed E-state index contributed by atoms with van der Waals surface area (Å²) in [7, 11) is 0. The van der Waals surface area contributed by atoms with E-state index in [0.717, 1.165) is 12.5 Å². The summed E-state index contributed by atoms with van der Waals surface area (Å²) in [5.41, 5.74) is 5.08. The van der Waals surface area contributed by atoms with E-state index in [1.54, 1.807) is 6.92 Å². The predicted octanol–water partition coefficient (Wildman–Crippen LogP) is 2.13. The van der Waals surface area contributed by atoms with Crippen molar-refractivity contribution < 1.29 is 13.6 Å². The van der Waals surface area contributed by atoms with Crippen LogP contribution in [-0.4, -0.2) is 18.5 Å².